The number of rotatable bonds is 5. The molecule has 0 N–H and O–H groups in total. The highest BCUT2D eigenvalue weighted by Crippen LogP contribution is 2.39. The van der Waals surface area contributed by atoms with E-state index in [1.54, 1.807) is 0 Å². The SMILES string of the molecule is c1ccc(-c2cc(-c3ccccc3)cc(-c3nc(-c4ccccc4)c4c(n3)c3ccccc3n4-c3ccccc3)c2)cc1. The molecule has 0 saturated carbocycles. The van der Waals surface area contributed by atoms with Crippen LogP contribution in [-0.2, 0) is 0 Å². The van der Waals surface area contributed by atoms with Crippen molar-refractivity contribution in [2.45, 2.75) is 0 Å². The van der Waals surface area contributed by atoms with E-state index in [0.29, 0.717) is 5.82 Å². The molecule has 3 nitrogen and oxygen atoms in total. The third-order valence-corrected chi connectivity index (χ3v) is 7.97. The first-order valence-electron chi connectivity index (χ1n) is 14.5. The number of nitrogens with zero attached hydrogens (tertiary/aromatic N) is 3. The van der Waals surface area contributed by atoms with Crippen molar-refractivity contribution in [3.05, 3.63) is 164 Å². The van der Waals surface area contributed by atoms with Gasteiger partial charge in [-0.2, -0.15) is 0 Å². The smallest absolute Gasteiger partial charge is 0.160 e. The fourth-order valence-corrected chi connectivity index (χ4v) is 5.97. The Balaban J connectivity index is 1.46. The molecule has 0 bridgehead atoms. The van der Waals surface area contributed by atoms with Gasteiger partial charge in [0.05, 0.1) is 16.7 Å². The largest absolute Gasteiger partial charge is 0.306 e. The molecule has 6 aromatic carbocycles. The Morgan fingerprint density at radius 2 is 0.884 bits per heavy atom. The van der Waals surface area contributed by atoms with Crippen molar-refractivity contribution < 1.29 is 0 Å². The summed E-state index contributed by atoms with van der Waals surface area (Å²) in [4.78, 5) is 10.7. The van der Waals surface area contributed by atoms with E-state index in [2.05, 4.69) is 156 Å². The van der Waals surface area contributed by atoms with Crippen LogP contribution in [0.15, 0.2) is 164 Å². The van der Waals surface area contributed by atoms with E-state index in [0.717, 1.165) is 66.7 Å². The monoisotopic (exact) mass is 549 g/mol. The van der Waals surface area contributed by atoms with Gasteiger partial charge in [0, 0.05) is 22.2 Å². The van der Waals surface area contributed by atoms with Gasteiger partial charge < -0.3 is 4.57 Å². The van der Waals surface area contributed by atoms with Crippen molar-refractivity contribution >= 4 is 21.9 Å². The molecule has 2 heterocycles. The molecule has 202 valence electrons. The predicted molar refractivity (Wildman–Crippen MR) is 178 cm³/mol. The van der Waals surface area contributed by atoms with E-state index in [-0.39, 0.29) is 0 Å². The van der Waals surface area contributed by atoms with Crippen molar-refractivity contribution in [3.8, 4) is 50.6 Å². The van der Waals surface area contributed by atoms with E-state index < -0.39 is 0 Å². The highest BCUT2D eigenvalue weighted by molar-refractivity contribution is 6.11. The number of fused-ring (bicyclic) bond motifs is 3. The second-order valence-electron chi connectivity index (χ2n) is 10.7. The minimum Gasteiger partial charge on any atom is -0.306 e. The topological polar surface area (TPSA) is 30.7 Å². The molecule has 0 amide bonds. The average molecular weight is 550 g/mol. The molecule has 0 aliphatic rings. The van der Waals surface area contributed by atoms with Crippen LogP contribution < -0.4 is 0 Å². The Morgan fingerprint density at radius 1 is 0.395 bits per heavy atom. The Kier molecular flexibility index (Phi) is 6.12. The number of aromatic nitrogens is 3. The second-order valence-corrected chi connectivity index (χ2v) is 10.7. The summed E-state index contributed by atoms with van der Waals surface area (Å²) >= 11 is 0. The molecule has 0 aliphatic heterocycles. The summed E-state index contributed by atoms with van der Waals surface area (Å²) in [5.41, 5.74) is 11.7. The zero-order chi connectivity index (χ0) is 28.6. The van der Waals surface area contributed by atoms with Crippen LogP contribution in [0.1, 0.15) is 0 Å². The van der Waals surface area contributed by atoms with Crippen LogP contribution in [0, 0.1) is 0 Å². The van der Waals surface area contributed by atoms with Crippen LogP contribution in [0.2, 0.25) is 0 Å². The molecular weight excluding hydrogens is 522 g/mol. The molecule has 43 heavy (non-hydrogen) atoms. The van der Waals surface area contributed by atoms with Gasteiger partial charge in [-0.15, -0.1) is 0 Å². The first-order chi connectivity index (χ1) is 21.3. The van der Waals surface area contributed by atoms with Crippen LogP contribution in [0.4, 0.5) is 0 Å². The van der Waals surface area contributed by atoms with Gasteiger partial charge in [0.2, 0.25) is 0 Å². The van der Waals surface area contributed by atoms with E-state index >= 15 is 0 Å². The maximum absolute atomic E-state index is 5.36. The van der Waals surface area contributed by atoms with Gasteiger partial charge in [0.1, 0.15) is 5.52 Å². The molecule has 2 aromatic heterocycles. The minimum atomic E-state index is 0.706. The third-order valence-electron chi connectivity index (χ3n) is 7.97. The summed E-state index contributed by atoms with van der Waals surface area (Å²) in [5, 5.41) is 1.10. The van der Waals surface area contributed by atoms with Gasteiger partial charge in [-0.3, -0.25) is 0 Å². The zero-order valence-electron chi connectivity index (χ0n) is 23.4. The van der Waals surface area contributed by atoms with Crippen molar-refractivity contribution in [2.75, 3.05) is 0 Å². The normalized spacial score (nSPS) is 11.3. The van der Waals surface area contributed by atoms with Crippen molar-refractivity contribution in [2.24, 2.45) is 0 Å². The molecule has 0 atom stereocenters. The highest BCUT2D eigenvalue weighted by Gasteiger charge is 2.21. The molecule has 0 aliphatic carbocycles. The number of benzene rings is 6. The lowest BCUT2D eigenvalue weighted by atomic mass is 9.95. The Hall–Kier alpha value is -5.80. The molecule has 8 rings (SSSR count). The van der Waals surface area contributed by atoms with Gasteiger partial charge in [-0.1, -0.05) is 127 Å². The van der Waals surface area contributed by atoms with Crippen molar-refractivity contribution in [1.82, 2.24) is 14.5 Å². The Morgan fingerprint density at radius 3 is 1.49 bits per heavy atom. The maximum atomic E-state index is 5.36. The van der Waals surface area contributed by atoms with Crippen LogP contribution in [-0.4, -0.2) is 14.5 Å². The molecule has 0 saturated heterocycles. The van der Waals surface area contributed by atoms with E-state index in [4.69, 9.17) is 9.97 Å². The van der Waals surface area contributed by atoms with Crippen molar-refractivity contribution in [1.29, 1.82) is 0 Å². The summed E-state index contributed by atoms with van der Waals surface area (Å²) in [6, 6.07) is 57.2. The summed E-state index contributed by atoms with van der Waals surface area (Å²) in [5.74, 6) is 0.706. The fourth-order valence-electron chi connectivity index (χ4n) is 5.97. The van der Waals surface area contributed by atoms with Gasteiger partial charge in [-0.05, 0) is 58.7 Å². The summed E-state index contributed by atoms with van der Waals surface area (Å²) in [6.07, 6.45) is 0. The lowest BCUT2D eigenvalue weighted by Gasteiger charge is -2.14. The van der Waals surface area contributed by atoms with Crippen molar-refractivity contribution in [3.63, 3.8) is 0 Å². The third kappa shape index (κ3) is 4.48. The van der Waals surface area contributed by atoms with E-state index in [9.17, 15) is 0 Å². The molecular formula is C40H27N3. The van der Waals surface area contributed by atoms with Gasteiger partial charge in [0.25, 0.3) is 0 Å². The molecule has 0 unspecified atom stereocenters. The van der Waals surface area contributed by atoms with E-state index in [1.165, 1.54) is 0 Å². The molecule has 0 fully saturated rings. The summed E-state index contributed by atoms with van der Waals surface area (Å²) in [6.45, 7) is 0. The lowest BCUT2D eigenvalue weighted by molar-refractivity contribution is 1.15. The van der Waals surface area contributed by atoms with E-state index in [1.807, 2.05) is 12.1 Å². The Bertz CT molecular complexity index is 2140. The average Bonchev–Trinajstić information content (AvgIpc) is 3.43. The van der Waals surface area contributed by atoms with Gasteiger partial charge in [0.15, 0.2) is 5.82 Å². The maximum Gasteiger partial charge on any atom is 0.160 e. The molecule has 0 spiro atoms. The molecule has 3 heteroatoms. The second kappa shape index (κ2) is 10.6. The zero-order valence-corrected chi connectivity index (χ0v) is 23.4. The van der Waals surface area contributed by atoms with Crippen LogP contribution >= 0.6 is 0 Å². The summed E-state index contributed by atoms with van der Waals surface area (Å²) < 4.78 is 2.30. The molecule has 8 aromatic rings. The number of hydrogen-bond acceptors (Lipinski definition) is 2. The van der Waals surface area contributed by atoms with Gasteiger partial charge >= 0.3 is 0 Å². The Labute approximate surface area is 250 Å². The quantitative estimate of drug-likeness (QED) is 0.214. The number of para-hydroxylation sites is 2. The standard InChI is InChI=1S/C40H27N3/c1-5-15-28(16-6-1)31-25-32(29-17-7-2-8-18-29)27-33(26-31)40-41-37(30-19-9-3-10-20-30)39-38(42-40)35-23-13-14-24-36(35)43(39)34-21-11-4-12-22-34/h1-27H. The van der Waals surface area contributed by atoms with Crippen LogP contribution in [0.3, 0.4) is 0 Å². The highest BCUT2D eigenvalue weighted by atomic mass is 15.0. The lowest BCUT2D eigenvalue weighted by Crippen LogP contribution is -2.00. The predicted octanol–water partition coefficient (Wildman–Crippen LogP) is 10.2. The molecule has 0 radical (unpaired) electrons. The first-order valence-corrected chi connectivity index (χ1v) is 14.5. The number of hydrogen-bond donors (Lipinski definition) is 0. The van der Waals surface area contributed by atoms with Crippen LogP contribution in [0.5, 0.6) is 0 Å². The van der Waals surface area contributed by atoms with Crippen LogP contribution in [0.25, 0.3) is 72.5 Å². The first kappa shape index (κ1) is 25.0. The minimum absolute atomic E-state index is 0.706. The van der Waals surface area contributed by atoms with Gasteiger partial charge in [-0.25, -0.2) is 9.97 Å². The summed E-state index contributed by atoms with van der Waals surface area (Å²) in [7, 11) is 0. The fraction of sp³-hybridized carbons (Fsp3) is 0.